The van der Waals surface area contributed by atoms with E-state index in [1.54, 1.807) is 24.4 Å². The third-order valence-corrected chi connectivity index (χ3v) is 4.25. The van der Waals surface area contributed by atoms with Gasteiger partial charge in [0.1, 0.15) is 5.69 Å². The summed E-state index contributed by atoms with van der Waals surface area (Å²) in [6.45, 7) is 0. The molecule has 2 rings (SSSR count). The first-order chi connectivity index (χ1) is 11.0. The van der Waals surface area contributed by atoms with Crippen LogP contribution in [0, 0.1) is 3.57 Å². The van der Waals surface area contributed by atoms with Crippen LogP contribution in [0.2, 0.25) is 0 Å². The molecule has 0 fully saturated rings. The van der Waals surface area contributed by atoms with Crippen LogP contribution in [-0.4, -0.2) is 31.0 Å². The fraction of sp³-hybridized carbons (Fsp3) is 0.143. The zero-order valence-corrected chi connectivity index (χ0v) is 15.9. The lowest BCUT2D eigenvalue weighted by molar-refractivity contribution is 0.0843. The third-order valence-electron chi connectivity index (χ3n) is 2.90. The van der Waals surface area contributed by atoms with Gasteiger partial charge in [-0.25, -0.2) is 0 Å². The maximum absolute atomic E-state index is 12.2. The first-order valence-electron chi connectivity index (χ1n) is 6.32. The molecule has 0 saturated heterocycles. The molecule has 0 unspecified atom stereocenters. The smallest absolute Gasteiger partial charge is 0.286 e. The fourth-order valence-corrected chi connectivity index (χ4v) is 2.80. The number of hydrazine groups is 1. The Balaban J connectivity index is 2.10. The Morgan fingerprint density at radius 2 is 1.70 bits per heavy atom. The van der Waals surface area contributed by atoms with Gasteiger partial charge in [0.2, 0.25) is 0 Å². The number of rotatable bonds is 4. The van der Waals surface area contributed by atoms with Crippen molar-refractivity contribution in [3.63, 3.8) is 0 Å². The van der Waals surface area contributed by atoms with E-state index in [9.17, 15) is 9.59 Å². The van der Waals surface area contributed by atoms with E-state index in [4.69, 9.17) is 9.47 Å². The molecular formula is C14H13BrIN3O4. The molecule has 1 aromatic heterocycles. The second-order valence-corrected chi connectivity index (χ2v) is 6.40. The number of aromatic nitrogens is 1. The highest BCUT2D eigenvalue weighted by molar-refractivity contribution is 14.1. The van der Waals surface area contributed by atoms with Crippen LogP contribution >= 0.6 is 38.5 Å². The molecule has 0 radical (unpaired) electrons. The van der Waals surface area contributed by atoms with Gasteiger partial charge >= 0.3 is 0 Å². The number of ether oxygens (including phenoxy) is 2. The molecule has 1 heterocycles. The monoisotopic (exact) mass is 493 g/mol. The van der Waals surface area contributed by atoms with Crippen LogP contribution in [0.4, 0.5) is 0 Å². The Labute approximate surface area is 154 Å². The number of carbonyl (C=O) groups excluding carboxylic acids is 2. The number of methoxy groups -OCH3 is 2. The van der Waals surface area contributed by atoms with Crippen LogP contribution in [-0.2, 0) is 0 Å². The van der Waals surface area contributed by atoms with Crippen molar-refractivity contribution in [3.05, 3.63) is 43.7 Å². The van der Waals surface area contributed by atoms with Crippen molar-refractivity contribution >= 4 is 50.3 Å². The summed E-state index contributed by atoms with van der Waals surface area (Å²) >= 11 is 5.24. The van der Waals surface area contributed by atoms with Gasteiger partial charge in [-0.1, -0.05) is 0 Å². The highest BCUT2D eigenvalue weighted by Gasteiger charge is 2.16. The largest absolute Gasteiger partial charge is 0.493 e. The van der Waals surface area contributed by atoms with Gasteiger partial charge < -0.3 is 14.5 Å². The molecular weight excluding hydrogens is 481 g/mol. The van der Waals surface area contributed by atoms with Crippen LogP contribution in [0.25, 0.3) is 0 Å². The van der Waals surface area contributed by atoms with Crippen LogP contribution < -0.4 is 20.3 Å². The lowest BCUT2D eigenvalue weighted by atomic mass is 10.2. The summed E-state index contributed by atoms with van der Waals surface area (Å²) in [6, 6.07) is 4.83. The number of H-pyrrole nitrogens is 1. The van der Waals surface area contributed by atoms with E-state index in [1.807, 2.05) is 22.6 Å². The average molecular weight is 494 g/mol. The van der Waals surface area contributed by atoms with Gasteiger partial charge in [0.25, 0.3) is 11.8 Å². The number of carbonyl (C=O) groups is 2. The number of hydrogen-bond donors (Lipinski definition) is 3. The first kappa shape index (κ1) is 17.6. The summed E-state index contributed by atoms with van der Waals surface area (Å²) in [7, 11) is 3.00. The van der Waals surface area contributed by atoms with Gasteiger partial charge in [-0.2, -0.15) is 0 Å². The Hall–Kier alpha value is -1.75. The minimum atomic E-state index is -0.464. The maximum Gasteiger partial charge on any atom is 0.286 e. The predicted molar refractivity (Wildman–Crippen MR) is 95.7 cm³/mol. The van der Waals surface area contributed by atoms with Gasteiger partial charge in [0, 0.05) is 14.2 Å². The summed E-state index contributed by atoms with van der Waals surface area (Å²) in [5.41, 5.74) is 5.38. The summed E-state index contributed by atoms with van der Waals surface area (Å²) in [4.78, 5) is 26.9. The summed E-state index contributed by atoms with van der Waals surface area (Å²) in [5.74, 6) is 0.0280. The van der Waals surface area contributed by atoms with Crippen molar-refractivity contribution < 1.29 is 19.1 Å². The molecule has 2 amide bonds. The Kier molecular flexibility index (Phi) is 5.88. The van der Waals surface area contributed by atoms with Gasteiger partial charge in [-0.3, -0.25) is 20.4 Å². The molecule has 122 valence electrons. The number of aromatic amines is 1. The standard InChI is InChI=1S/C14H13BrIN3O4/c1-22-11-4-8(9(16)5-12(11)23-2)13(20)18-19-14(21)10-3-7(15)6-17-10/h3-6,17H,1-2H3,(H,18,20)(H,19,21). The van der Waals surface area contributed by atoms with Crippen molar-refractivity contribution in [2.45, 2.75) is 0 Å². The first-order valence-corrected chi connectivity index (χ1v) is 8.19. The molecule has 2 aromatic rings. The number of halogens is 2. The van der Waals surface area contributed by atoms with Crippen LogP contribution in [0.3, 0.4) is 0 Å². The van der Waals surface area contributed by atoms with Gasteiger partial charge in [-0.05, 0) is 56.7 Å². The number of amides is 2. The molecule has 7 nitrogen and oxygen atoms in total. The van der Waals surface area contributed by atoms with Crippen molar-refractivity contribution in [3.8, 4) is 11.5 Å². The van der Waals surface area contributed by atoms with Gasteiger partial charge in [0.15, 0.2) is 11.5 Å². The van der Waals surface area contributed by atoms with Crippen LogP contribution in [0.15, 0.2) is 28.9 Å². The Bertz CT molecular complexity index is 748. The zero-order valence-electron chi connectivity index (χ0n) is 12.2. The average Bonchev–Trinajstić information content (AvgIpc) is 2.98. The fourth-order valence-electron chi connectivity index (χ4n) is 1.78. The van der Waals surface area contributed by atoms with E-state index in [2.05, 4.69) is 31.8 Å². The van der Waals surface area contributed by atoms with E-state index in [0.29, 0.717) is 26.3 Å². The van der Waals surface area contributed by atoms with E-state index < -0.39 is 11.8 Å². The van der Waals surface area contributed by atoms with Crippen molar-refractivity contribution in [1.82, 2.24) is 15.8 Å². The molecule has 0 bridgehead atoms. The Morgan fingerprint density at radius 1 is 1.09 bits per heavy atom. The van der Waals surface area contributed by atoms with E-state index >= 15 is 0 Å². The van der Waals surface area contributed by atoms with E-state index in [1.165, 1.54) is 14.2 Å². The highest BCUT2D eigenvalue weighted by Crippen LogP contribution is 2.31. The molecule has 23 heavy (non-hydrogen) atoms. The quantitative estimate of drug-likeness (QED) is 0.450. The highest BCUT2D eigenvalue weighted by atomic mass is 127. The molecule has 0 aliphatic carbocycles. The molecule has 0 spiro atoms. The van der Waals surface area contributed by atoms with Crippen LogP contribution in [0.5, 0.6) is 11.5 Å². The number of hydrogen-bond acceptors (Lipinski definition) is 4. The number of benzene rings is 1. The topological polar surface area (TPSA) is 92.5 Å². The van der Waals surface area contributed by atoms with Gasteiger partial charge in [0.05, 0.1) is 19.8 Å². The van der Waals surface area contributed by atoms with Crippen molar-refractivity contribution in [1.29, 1.82) is 0 Å². The molecule has 0 aliphatic rings. The second kappa shape index (κ2) is 7.68. The minimum Gasteiger partial charge on any atom is -0.493 e. The second-order valence-electron chi connectivity index (χ2n) is 4.33. The zero-order chi connectivity index (χ0) is 17.0. The summed E-state index contributed by atoms with van der Waals surface area (Å²) < 4.78 is 11.7. The van der Waals surface area contributed by atoms with Crippen molar-refractivity contribution in [2.24, 2.45) is 0 Å². The molecule has 0 aliphatic heterocycles. The molecule has 1 aromatic carbocycles. The van der Waals surface area contributed by atoms with E-state index in [0.717, 1.165) is 4.47 Å². The van der Waals surface area contributed by atoms with Crippen LogP contribution in [0.1, 0.15) is 20.8 Å². The lowest BCUT2D eigenvalue weighted by Crippen LogP contribution is -2.42. The maximum atomic E-state index is 12.2. The molecule has 0 atom stereocenters. The number of nitrogens with one attached hydrogen (secondary N) is 3. The minimum absolute atomic E-state index is 0.319. The molecule has 9 heteroatoms. The van der Waals surface area contributed by atoms with Crippen molar-refractivity contribution in [2.75, 3.05) is 14.2 Å². The normalized spacial score (nSPS) is 10.1. The third kappa shape index (κ3) is 4.16. The molecule has 3 N–H and O–H groups in total. The Morgan fingerprint density at radius 3 is 2.26 bits per heavy atom. The summed E-state index contributed by atoms with van der Waals surface area (Å²) in [6.07, 6.45) is 1.62. The summed E-state index contributed by atoms with van der Waals surface area (Å²) in [5, 5.41) is 0. The van der Waals surface area contributed by atoms with E-state index in [-0.39, 0.29) is 0 Å². The SMILES string of the molecule is COc1cc(I)c(C(=O)NNC(=O)c2cc(Br)c[nH]2)cc1OC. The molecule has 0 saturated carbocycles. The van der Waals surface area contributed by atoms with Gasteiger partial charge in [-0.15, -0.1) is 0 Å². The predicted octanol–water partition coefficient (Wildman–Crippen LogP) is 2.47. The lowest BCUT2D eigenvalue weighted by Gasteiger charge is -2.12.